The Balaban J connectivity index is 2.49. The van der Waals surface area contributed by atoms with Crippen molar-refractivity contribution >= 4 is 0 Å². The van der Waals surface area contributed by atoms with Gasteiger partial charge in [0, 0.05) is 20.2 Å². The van der Waals surface area contributed by atoms with E-state index in [0.29, 0.717) is 13.2 Å². The summed E-state index contributed by atoms with van der Waals surface area (Å²) in [5.41, 5.74) is 5.22. The van der Waals surface area contributed by atoms with Gasteiger partial charge in [-0.05, 0) is 43.0 Å². The third kappa shape index (κ3) is 4.46. The van der Waals surface area contributed by atoms with Crippen molar-refractivity contribution in [3.63, 3.8) is 0 Å². The maximum atomic E-state index is 9.51. The second kappa shape index (κ2) is 6.74. The number of aliphatic hydroxyl groups excluding tert-OH is 1. The minimum Gasteiger partial charge on any atom is -0.389 e. The molecular weight excluding hydrogens is 214 g/mol. The van der Waals surface area contributed by atoms with Gasteiger partial charge in [-0.15, -0.1) is 0 Å². The van der Waals surface area contributed by atoms with E-state index in [0.717, 1.165) is 6.54 Å². The lowest BCUT2D eigenvalue weighted by Gasteiger charge is -2.13. The molecule has 0 heterocycles. The SMILES string of the molecule is COCC(O)CNCc1cc(C)c(C)cc1C. The van der Waals surface area contributed by atoms with Gasteiger partial charge in [0.25, 0.3) is 0 Å². The number of aliphatic hydroxyl groups is 1. The topological polar surface area (TPSA) is 41.5 Å². The summed E-state index contributed by atoms with van der Waals surface area (Å²) in [4.78, 5) is 0. The van der Waals surface area contributed by atoms with Crippen LogP contribution in [0.25, 0.3) is 0 Å². The van der Waals surface area contributed by atoms with Crippen molar-refractivity contribution in [3.05, 3.63) is 34.4 Å². The molecule has 0 aliphatic rings. The molecule has 0 amide bonds. The Morgan fingerprint density at radius 3 is 2.47 bits per heavy atom. The lowest BCUT2D eigenvalue weighted by molar-refractivity contribution is 0.0644. The molecule has 1 rings (SSSR count). The molecule has 0 radical (unpaired) electrons. The Morgan fingerprint density at radius 1 is 1.18 bits per heavy atom. The normalized spacial score (nSPS) is 12.8. The molecule has 0 saturated heterocycles. The first-order chi connectivity index (χ1) is 8.04. The molecule has 0 saturated carbocycles. The molecule has 1 unspecified atom stereocenters. The average Bonchev–Trinajstić information content (AvgIpc) is 2.26. The second-order valence-electron chi connectivity index (χ2n) is 4.60. The average molecular weight is 237 g/mol. The fraction of sp³-hybridized carbons (Fsp3) is 0.571. The Labute approximate surface area is 104 Å². The number of hydrogen-bond acceptors (Lipinski definition) is 3. The summed E-state index contributed by atoms with van der Waals surface area (Å²) in [6, 6.07) is 4.41. The van der Waals surface area contributed by atoms with Crippen molar-refractivity contribution in [2.24, 2.45) is 0 Å². The smallest absolute Gasteiger partial charge is 0.0897 e. The van der Waals surface area contributed by atoms with Gasteiger partial charge in [0.1, 0.15) is 0 Å². The van der Waals surface area contributed by atoms with E-state index in [1.165, 1.54) is 22.3 Å². The van der Waals surface area contributed by atoms with Gasteiger partial charge in [-0.3, -0.25) is 0 Å². The van der Waals surface area contributed by atoms with Crippen LogP contribution in [0.2, 0.25) is 0 Å². The molecule has 96 valence electrons. The van der Waals surface area contributed by atoms with E-state index >= 15 is 0 Å². The number of hydrogen-bond donors (Lipinski definition) is 2. The summed E-state index contributed by atoms with van der Waals surface area (Å²) in [7, 11) is 1.59. The summed E-state index contributed by atoms with van der Waals surface area (Å²) >= 11 is 0. The van der Waals surface area contributed by atoms with Gasteiger partial charge in [0.15, 0.2) is 0 Å². The zero-order chi connectivity index (χ0) is 12.8. The first-order valence-electron chi connectivity index (χ1n) is 5.99. The summed E-state index contributed by atoms with van der Waals surface area (Å²) in [6.07, 6.45) is -0.438. The number of benzene rings is 1. The van der Waals surface area contributed by atoms with Crippen molar-refractivity contribution < 1.29 is 9.84 Å². The molecule has 1 atom stereocenters. The van der Waals surface area contributed by atoms with Gasteiger partial charge < -0.3 is 15.2 Å². The van der Waals surface area contributed by atoms with Crippen LogP contribution in [0.1, 0.15) is 22.3 Å². The first kappa shape index (κ1) is 14.2. The number of methoxy groups -OCH3 is 1. The molecule has 0 aromatic heterocycles. The minimum atomic E-state index is -0.438. The fourth-order valence-electron chi connectivity index (χ4n) is 1.84. The Bertz CT molecular complexity index is 363. The highest BCUT2D eigenvalue weighted by Crippen LogP contribution is 2.14. The molecule has 3 heteroatoms. The van der Waals surface area contributed by atoms with Gasteiger partial charge in [0.2, 0.25) is 0 Å². The molecule has 0 bridgehead atoms. The van der Waals surface area contributed by atoms with E-state index in [1.54, 1.807) is 7.11 Å². The van der Waals surface area contributed by atoms with Crippen LogP contribution in [0.4, 0.5) is 0 Å². The maximum absolute atomic E-state index is 9.51. The minimum absolute atomic E-state index is 0.374. The van der Waals surface area contributed by atoms with Crippen molar-refractivity contribution in [1.29, 1.82) is 0 Å². The molecule has 0 aliphatic carbocycles. The number of ether oxygens (including phenoxy) is 1. The van der Waals surface area contributed by atoms with Crippen LogP contribution >= 0.6 is 0 Å². The van der Waals surface area contributed by atoms with E-state index in [4.69, 9.17) is 4.74 Å². The first-order valence-corrected chi connectivity index (χ1v) is 5.99. The predicted molar refractivity (Wildman–Crippen MR) is 70.2 cm³/mol. The van der Waals surface area contributed by atoms with E-state index in [2.05, 4.69) is 38.2 Å². The van der Waals surface area contributed by atoms with Crippen LogP contribution < -0.4 is 5.32 Å². The molecule has 2 N–H and O–H groups in total. The van der Waals surface area contributed by atoms with E-state index in [1.807, 2.05) is 0 Å². The van der Waals surface area contributed by atoms with Gasteiger partial charge in [-0.2, -0.15) is 0 Å². The van der Waals surface area contributed by atoms with Gasteiger partial charge in [0.05, 0.1) is 12.7 Å². The standard InChI is InChI=1S/C14H23NO2/c1-10-5-12(3)13(6-11(10)2)7-15-8-14(16)9-17-4/h5-6,14-16H,7-9H2,1-4H3. The zero-order valence-corrected chi connectivity index (χ0v) is 11.2. The highest BCUT2D eigenvalue weighted by molar-refractivity contribution is 5.36. The van der Waals surface area contributed by atoms with Crippen molar-refractivity contribution in [3.8, 4) is 0 Å². The lowest BCUT2D eigenvalue weighted by atomic mass is 10.0. The molecule has 1 aromatic carbocycles. The van der Waals surface area contributed by atoms with Gasteiger partial charge in [-0.25, -0.2) is 0 Å². The second-order valence-corrected chi connectivity index (χ2v) is 4.60. The highest BCUT2D eigenvalue weighted by atomic mass is 16.5. The Kier molecular flexibility index (Phi) is 5.62. The van der Waals surface area contributed by atoms with Gasteiger partial charge >= 0.3 is 0 Å². The van der Waals surface area contributed by atoms with E-state index in [-0.39, 0.29) is 0 Å². The number of aryl methyl sites for hydroxylation is 3. The van der Waals surface area contributed by atoms with Crippen LogP contribution in [-0.4, -0.2) is 31.5 Å². The van der Waals surface area contributed by atoms with Gasteiger partial charge in [-0.1, -0.05) is 12.1 Å². The molecular formula is C14H23NO2. The summed E-state index contributed by atoms with van der Waals surface area (Å²) in [6.45, 7) is 8.09. The molecule has 17 heavy (non-hydrogen) atoms. The zero-order valence-electron chi connectivity index (χ0n) is 11.2. The molecule has 3 nitrogen and oxygen atoms in total. The van der Waals surface area contributed by atoms with Crippen LogP contribution in [0.5, 0.6) is 0 Å². The fourth-order valence-corrected chi connectivity index (χ4v) is 1.84. The summed E-state index contributed by atoms with van der Waals surface area (Å²) in [5, 5.41) is 12.8. The Hall–Kier alpha value is -0.900. The van der Waals surface area contributed by atoms with Crippen LogP contribution in [0.3, 0.4) is 0 Å². The molecule has 0 aliphatic heterocycles. The largest absolute Gasteiger partial charge is 0.389 e. The third-order valence-electron chi connectivity index (χ3n) is 3.01. The van der Waals surface area contributed by atoms with Crippen LogP contribution in [0, 0.1) is 20.8 Å². The lowest BCUT2D eigenvalue weighted by Crippen LogP contribution is -2.29. The van der Waals surface area contributed by atoms with Crippen LogP contribution in [0.15, 0.2) is 12.1 Å². The van der Waals surface area contributed by atoms with E-state index in [9.17, 15) is 5.11 Å². The predicted octanol–water partition coefficient (Wildman–Crippen LogP) is 1.71. The highest BCUT2D eigenvalue weighted by Gasteiger charge is 2.04. The molecule has 0 spiro atoms. The molecule has 1 aromatic rings. The monoisotopic (exact) mass is 237 g/mol. The molecule has 0 fully saturated rings. The number of nitrogens with one attached hydrogen (secondary N) is 1. The quantitative estimate of drug-likeness (QED) is 0.791. The number of rotatable bonds is 6. The third-order valence-corrected chi connectivity index (χ3v) is 3.01. The summed E-state index contributed by atoms with van der Waals surface area (Å²) in [5.74, 6) is 0. The van der Waals surface area contributed by atoms with Crippen LogP contribution in [-0.2, 0) is 11.3 Å². The van der Waals surface area contributed by atoms with Crippen molar-refractivity contribution in [1.82, 2.24) is 5.32 Å². The maximum Gasteiger partial charge on any atom is 0.0897 e. The summed E-state index contributed by atoms with van der Waals surface area (Å²) < 4.78 is 4.87. The van der Waals surface area contributed by atoms with Crippen molar-refractivity contribution in [2.45, 2.75) is 33.4 Å². The Morgan fingerprint density at radius 2 is 1.82 bits per heavy atom. The van der Waals surface area contributed by atoms with E-state index < -0.39 is 6.10 Å². The van der Waals surface area contributed by atoms with Crippen molar-refractivity contribution in [2.75, 3.05) is 20.3 Å².